The van der Waals surface area contributed by atoms with Crippen LogP contribution in [0, 0.1) is 13.8 Å². The van der Waals surface area contributed by atoms with E-state index < -0.39 is 5.97 Å². The van der Waals surface area contributed by atoms with Gasteiger partial charge in [-0.05, 0) is 73.9 Å². The minimum absolute atomic E-state index is 0.00893. The first-order valence-corrected chi connectivity index (χ1v) is 11.0. The fraction of sp³-hybridized carbons (Fsp3) is 0.259. The van der Waals surface area contributed by atoms with Crippen molar-refractivity contribution in [1.29, 1.82) is 0 Å². The van der Waals surface area contributed by atoms with Gasteiger partial charge in [-0.15, -0.1) is 0 Å². The minimum atomic E-state index is -0.399. The fourth-order valence-electron chi connectivity index (χ4n) is 3.84. The zero-order valence-electron chi connectivity index (χ0n) is 19.1. The summed E-state index contributed by atoms with van der Waals surface area (Å²) in [5.74, 6) is 0.905. The Hall–Kier alpha value is -3.80. The quantitative estimate of drug-likeness (QED) is 0.457. The summed E-state index contributed by atoms with van der Waals surface area (Å²) < 4.78 is 16.4. The van der Waals surface area contributed by atoms with Crippen molar-refractivity contribution in [2.45, 2.75) is 33.9 Å². The second kappa shape index (κ2) is 9.77. The fourth-order valence-corrected chi connectivity index (χ4v) is 3.84. The number of hydrogen-bond acceptors (Lipinski definition) is 5. The van der Waals surface area contributed by atoms with Crippen molar-refractivity contribution in [2.75, 3.05) is 18.1 Å². The molecule has 1 aliphatic heterocycles. The van der Waals surface area contributed by atoms with Gasteiger partial charge in [-0.3, -0.25) is 4.79 Å². The van der Waals surface area contributed by atoms with E-state index >= 15 is 0 Å². The van der Waals surface area contributed by atoms with E-state index in [1.54, 1.807) is 24.0 Å². The zero-order chi connectivity index (χ0) is 23.4. The summed E-state index contributed by atoms with van der Waals surface area (Å²) in [5, 5.41) is 0. The molecule has 0 bridgehead atoms. The van der Waals surface area contributed by atoms with Crippen molar-refractivity contribution >= 4 is 17.6 Å². The Morgan fingerprint density at radius 2 is 1.79 bits per heavy atom. The summed E-state index contributed by atoms with van der Waals surface area (Å²) in [6.45, 7) is 6.75. The molecule has 0 saturated carbocycles. The molecule has 0 fully saturated rings. The Balaban J connectivity index is 1.43. The monoisotopic (exact) mass is 445 g/mol. The molecule has 3 aromatic rings. The highest BCUT2D eigenvalue weighted by Gasteiger charge is 2.30. The highest BCUT2D eigenvalue weighted by molar-refractivity contribution is 6.10. The van der Waals surface area contributed by atoms with Gasteiger partial charge in [0, 0.05) is 11.3 Å². The van der Waals surface area contributed by atoms with Crippen molar-refractivity contribution in [3.8, 4) is 11.5 Å². The van der Waals surface area contributed by atoms with Gasteiger partial charge in [0.25, 0.3) is 5.91 Å². The van der Waals surface area contributed by atoms with Crippen LogP contribution in [-0.2, 0) is 22.7 Å². The van der Waals surface area contributed by atoms with Crippen molar-refractivity contribution in [3.63, 3.8) is 0 Å². The number of benzene rings is 3. The van der Waals surface area contributed by atoms with Crippen LogP contribution < -0.4 is 14.4 Å². The van der Waals surface area contributed by atoms with Crippen molar-refractivity contribution in [2.24, 2.45) is 0 Å². The van der Waals surface area contributed by atoms with Crippen LogP contribution in [0.25, 0.3) is 0 Å². The van der Waals surface area contributed by atoms with Gasteiger partial charge in [0.2, 0.25) is 0 Å². The van der Waals surface area contributed by atoms with Crippen LogP contribution in [0.3, 0.4) is 0 Å². The lowest BCUT2D eigenvalue weighted by atomic mass is 10.0. The molecule has 0 spiro atoms. The van der Waals surface area contributed by atoms with Crippen molar-refractivity contribution in [1.82, 2.24) is 0 Å². The molecular formula is C27H27NO5. The Morgan fingerprint density at radius 3 is 2.52 bits per heavy atom. The number of rotatable bonds is 8. The van der Waals surface area contributed by atoms with Gasteiger partial charge in [-0.25, -0.2) is 4.79 Å². The topological polar surface area (TPSA) is 65.1 Å². The standard InChI is InChI=1S/C27H27NO5/c1-4-31-26(29)17-33-25-13-12-22(14-19(25)3)32-16-20-6-5-7-23-24(20)15-28(27(23)30)21-10-8-18(2)9-11-21/h5-14H,4,15-17H2,1-3H3. The molecule has 0 saturated heterocycles. The van der Waals surface area contributed by atoms with Crippen LogP contribution in [0.1, 0.15) is 39.5 Å². The van der Waals surface area contributed by atoms with E-state index in [0.29, 0.717) is 31.3 Å². The molecule has 1 heterocycles. The van der Waals surface area contributed by atoms with E-state index in [2.05, 4.69) is 0 Å². The summed E-state index contributed by atoms with van der Waals surface area (Å²) >= 11 is 0. The number of hydrogen-bond donors (Lipinski definition) is 0. The predicted octanol–water partition coefficient (Wildman–Crippen LogP) is 4.98. The summed E-state index contributed by atoms with van der Waals surface area (Å²) in [6.07, 6.45) is 0. The Labute approximate surface area is 193 Å². The Morgan fingerprint density at radius 1 is 1.00 bits per heavy atom. The van der Waals surface area contributed by atoms with Gasteiger partial charge in [0.15, 0.2) is 6.61 Å². The van der Waals surface area contributed by atoms with Gasteiger partial charge < -0.3 is 19.1 Å². The molecule has 170 valence electrons. The average Bonchev–Trinajstić information content (AvgIpc) is 3.15. The summed E-state index contributed by atoms with van der Waals surface area (Å²) in [6, 6.07) is 19.2. The number of esters is 1. The lowest BCUT2D eigenvalue weighted by Crippen LogP contribution is -2.22. The third-order valence-electron chi connectivity index (χ3n) is 5.60. The van der Waals surface area contributed by atoms with Crippen LogP contribution in [0.4, 0.5) is 5.69 Å². The summed E-state index contributed by atoms with van der Waals surface area (Å²) in [4.78, 5) is 26.3. The second-order valence-electron chi connectivity index (χ2n) is 7.98. The minimum Gasteiger partial charge on any atom is -0.489 e. The first-order chi connectivity index (χ1) is 16.0. The maximum Gasteiger partial charge on any atom is 0.344 e. The number of carbonyl (C=O) groups excluding carboxylic acids is 2. The number of anilines is 1. The molecule has 6 nitrogen and oxygen atoms in total. The van der Waals surface area contributed by atoms with Crippen molar-refractivity contribution < 1.29 is 23.8 Å². The normalized spacial score (nSPS) is 12.5. The van der Waals surface area contributed by atoms with E-state index in [-0.39, 0.29) is 12.5 Å². The first kappa shape index (κ1) is 22.4. The van der Waals surface area contributed by atoms with E-state index in [4.69, 9.17) is 14.2 Å². The smallest absolute Gasteiger partial charge is 0.344 e. The van der Waals surface area contributed by atoms with E-state index in [0.717, 1.165) is 33.5 Å². The van der Waals surface area contributed by atoms with Crippen molar-refractivity contribution in [3.05, 3.63) is 88.5 Å². The molecular weight excluding hydrogens is 418 g/mol. The zero-order valence-corrected chi connectivity index (χ0v) is 19.1. The number of carbonyl (C=O) groups is 2. The molecule has 0 N–H and O–H groups in total. The number of ether oxygens (including phenoxy) is 3. The molecule has 0 atom stereocenters. The predicted molar refractivity (Wildman–Crippen MR) is 126 cm³/mol. The lowest BCUT2D eigenvalue weighted by molar-refractivity contribution is -0.145. The maximum absolute atomic E-state index is 13.0. The number of aryl methyl sites for hydroxylation is 2. The SMILES string of the molecule is CCOC(=O)COc1ccc(OCc2cccc3c2CN(c2ccc(C)cc2)C3=O)cc1C. The van der Waals surface area contributed by atoms with Gasteiger partial charge in [-0.1, -0.05) is 29.8 Å². The summed E-state index contributed by atoms with van der Waals surface area (Å²) in [5.41, 5.74) is 5.60. The molecule has 3 aromatic carbocycles. The average molecular weight is 446 g/mol. The van der Waals surface area contributed by atoms with Crippen LogP contribution >= 0.6 is 0 Å². The molecule has 0 aliphatic carbocycles. The van der Waals surface area contributed by atoms with Crippen LogP contribution in [-0.4, -0.2) is 25.1 Å². The highest BCUT2D eigenvalue weighted by Crippen LogP contribution is 2.31. The number of fused-ring (bicyclic) bond motifs is 1. The highest BCUT2D eigenvalue weighted by atomic mass is 16.6. The van der Waals surface area contributed by atoms with E-state index in [1.165, 1.54) is 0 Å². The third-order valence-corrected chi connectivity index (χ3v) is 5.60. The molecule has 33 heavy (non-hydrogen) atoms. The first-order valence-electron chi connectivity index (χ1n) is 11.0. The van der Waals surface area contributed by atoms with Crippen LogP contribution in [0.2, 0.25) is 0 Å². The van der Waals surface area contributed by atoms with Gasteiger partial charge in [0.05, 0.1) is 13.2 Å². The molecule has 1 aliphatic rings. The third kappa shape index (κ3) is 5.00. The molecule has 0 aromatic heterocycles. The van der Waals surface area contributed by atoms with Crippen LogP contribution in [0.5, 0.6) is 11.5 Å². The largest absolute Gasteiger partial charge is 0.489 e. The van der Waals surface area contributed by atoms with Crippen LogP contribution in [0.15, 0.2) is 60.7 Å². The van der Waals surface area contributed by atoms with Gasteiger partial charge >= 0.3 is 5.97 Å². The summed E-state index contributed by atoms with van der Waals surface area (Å²) in [7, 11) is 0. The Kier molecular flexibility index (Phi) is 6.63. The van der Waals surface area contributed by atoms with Gasteiger partial charge in [-0.2, -0.15) is 0 Å². The Bertz CT molecular complexity index is 1170. The number of amides is 1. The van der Waals surface area contributed by atoms with E-state index in [1.807, 2.05) is 62.4 Å². The maximum atomic E-state index is 13.0. The molecule has 6 heteroatoms. The molecule has 0 radical (unpaired) electrons. The molecule has 0 unspecified atom stereocenters. The van der Waals surface area contributed by atoms with Gasteiger partial charge in [0.1, 0.15) is 18.1 Å². The lowest BCUT2D eigenvalue weighted by Gasteiger charge is -2.16. The second-order valence-corrected chi connectivity index (χ2v) is 7.98. The number of nitrogens with zero attached hydrogens (tertiary/aromatic N) is 1. The van der Waals surface area contributed by atoms with E-state index in [9.17, 15) is 9.59 Å². The molecule has 1 amide bonds. The molecule has 4 rings (SSSR count).